The van der Waals surface area contributed by atoms with Crippen molar-refractivity contribution in [2.45, 2.75) is 24.8 Å². The highest BCUT2D eigenvalue weighted by Crippen LogP contribution is 2.33. The molecule has 5 heteroatoms. The van der Waals surface area contributed by atoms with Crippen LogP contribution in [0.2, 0.25) is 0 Å². The van der Waals surface area contributed by atoms with Crippen molar-refractivity contribution in [3.05, 3.63) is 29.8 Å². The molecule has 1 fully saturated rings. The zero-order valence-electron chi connectivity index (χ0n) is 10.8. The summed E-state index contributed by atoms with van der Waals surface area (Å²) in [4.78, 5) is 0. The van der Waals surface area contributed by atoms with Crippen LogP contribution in [-0.2, 0) is 9.84 Å². The first-order valence-corrected chi connectivity index (χ1v) is 8.62. The Hall–Kier alpha value is -1.07. The number of fused-ring (bicyclic) bond motifs is 1. The summed E-state index contributed by atoms with van der Waals surface area (Å²) >= 11 is 0. The van der Waals surface area contributed by atoms with Gasteiger partial charge in [0, 0.05) is 24.1 Å². The van der Waals surface area contributed by atoms with Crippen LogP contribution in [0.15, 0.2) is 24.3 Å². The Bertz CT molecular complexity index is 542. The second-order valence-electron chi connectivity index (χ2n) is 5.38. The second kappa shape index (κ2) is 5.13. The van der Waals surface area contributed by atoms with Crippen LogP contribution in [0.5, 0.6) is 5.75 Å². The predicted octanol–water partition coefficient (Wildman–Crippen LogP) is 1.33. The molecule has 1 aromatic rings. The van der Waals surface area contributed by atoms with Crippen LogP contribution in [0.3, 0.4) is 0 Å². The molecular formula is C14H19NO3S. The van der Waals surface area contributed by atoms with Gasteiger partial charge in [-0.3, -0.25) is 0 Å². The van der Waals surface area contributed by atoms with Gasteiger partial charge in [-0.05, 0) is 18.9 Å². The summed E-state index contributed by atoms with van der Waals surface area (Å²) in [5.74, 6) is 2.01. The number of nitrogens with one attached hydrogen (secondary N) is 1. The summed E-state index contributed by atoms with van der Waals surface area (Å²) in [6.45, 7) is 1.58. The van der Waals surface area contributed by atoms with Crippen molar-refractivity contribution in [3.8, 4) is 5.75 Å². The Morgan fingerprint density at radius 2 is 1.95 bits per heavy atom. The van der Waals surface area contributed by atoms with Crippen molar-refractivity contribution in [3.63, 3.8) is 0 Å². The van der Waals surface area contributed by atoms with Crippen molar-refractivity contribution in [2.24, 2.45) is 0 Å². The highest BCUT2D eigenvalue weighted by molar-refractivity contribution is 7.91. The van der Waals surface area contributed by atoms with Crippen molar-refractivity contribution >= 4 is 9.84 Å². The van der Waals surface area contributed by atoms with Crippen LogP contribution in [0.25, 0.3) is 0 Å². The van der Waals surface area contributed by atoms with Gasteiger partial charge in [0.25, 0.3) is 0 Å². The third-order valence-corrected chi connectivity index (χ3v) is 5.72. The molecule has 104 valence electrons. The molecule has 3 rings (SSSR count). The summed E-state index contributed by atoms with van der Waals surface area (Å²) < 4.78 is 28.4. The van der Waals surface area contributed by atoms with Crippen LogP contribution in [0.1, 0.15) is 24.3 Å². The van der Waals surface area contributed by atoms with E-state index in [2.05, 4.69) is 11.4 Å². The Labute approximate surface area is 114 Å². The number of benzene rings is 1. The summed E-state index contributed by atoms with van der Waals surface area (Å²) in [5.41, 5.74) is 1.26. The lowest BCUT2D eigenvalue weighted by Crippen LogP contribution is -2.39. The fourth-order valence-electron chi connectivity index (χ4n) is 2.80. The quantitative estimate of drug-likeness (QED) is 0.908. The van der Waals surface area contributed by atoms with Gasteiger partial charge in [-0.15, -0.1) is 0 Å². The smallest absolute Gasteiger partial charge is 0.150 e. The minimum absolute atomic E-state index is 0.322. The number of ether oxygens (including phenoxy) is 1. The average Bonchev–Trinajstić information content (AvgIpc) is 2.81. The monoisotopic (exact) mass is 281 g/mol. The number of hydrogen-bond acceptors (Lipinski definition) is 4. The number of para-hydroxylation sites is 1. The summed E-state index contributed by atoms with van der Waals surface area (Å²) in [6.07, 6.45) is 1.47. The molecule has 0 bridgehead atoms. The Morgan fingerprint density at radius 3 is 2.74 bits per heavy atom. The maximum Gasteiger partial charge on any atom is 0.150 e. The Balaban J connectivity index is 1.54. The first kappa shape index (κ1) is 12.9. The molecule has 4 nitrogen and oxygen atoms in total. The molecule has 1 saturated heterocycles. The van der Waals surface area contributed by atoms with Gasteiger partial charge in [0.2, 0.25) is 0 Å². The number of hydrogen-bond donors (Lipinski definition) is 1. The van der Waals surface area contributed by atoms with Gasteiger partial charge in [0.1, 0.15) is 15.6 Å². The second-order valence-corrected chi connectivity index (χ2v) is 7.68. The van der Waals surface area contributed by atoms with Crippen molar-refractivity contribution < 1.29 is 13.2 Å². The molecule has 1 atom stereocenters. The molecule has 0 aliphatic carbocycles. The molecule has 0 amide bonds. The van der Waals surface area contributed by atoms with Crippen LogP contribution in [-0.4, -0.2) is 39.1 Å². The topological polar surface area (TPSA) is 55.4 Å². The fraction of sp³-hybridized carbons (Fsp3) is 0.571. The van der Waals surface area contributed by atoms with E-state index < -0.39 is 9.84 Å². The van der Waals surface area contributed by atoms with Crippen LogP contribution in [0.4, 0.5) is 0 Å². The summed E-state index contributed by atoms with van der Waals surface area (Å²) in [5, 5.41) is 3.50. The van der Waals surface area contributed by atoms with E-state index in [-0.39, 0.29) is 0 Å². The molecule has 2 aliphatic rings. The Morgan fingerprint density at radius 1 is 1.21 bits per heavy atom. The lowest BCUT2D eigenvalue weighted by molar-refractivity contribution is 0.319. The zero-order valence-corrected chi connectivity index (χ0v) is 11.7. The predicted molar refractivity (Wildman–Crippen MR) is 74.4 cm³/mol. The molecule has 1 unspecified atom stereocenters. The van der Waals surface area contributed by atoms with E-state index in [1.807, 2.05) is 18.2 Å². The van der Waals surface area contributed by atoms with Gasteiger partial charge < -0.3 is 10.1 Å². The van der Waals surface area contributed by atoms with Crippen molar-refractivity contribution in [2.75, 3.05) is 24.7 Å². The van der Waals surface area contributed by atoms with E-state index in [1.165, 1.54) is 5.56 Å². The summed E-state index contributed by atoms with van der Waals surface area (Å²) in [7, 11) is -2.77. The van der Waals surface area contributed by atoms with Gasteiger partial charge in [-0.25, -0.2) is 8.42 Å². The van der Waals surface area contributed by atoms with E-state index in [0.29, 0.717) is 23.5 Å². The van der Waals surface area contributed by atoms with E-state index in [1.54, 1.807) is 0 Å². The molecule has 1 N–H and O–H groups in total. The highest BCUT2D eigenvalue weighted by Gasteiger charge is 2.27. The first-order chi connectivity index (χ1) is 9.14. The zero-order chi connectivity index (χ0) is 13.3. The maximum absolute atomic E-state index is 11.4. The van der Waals surface area contributed by atoms with Crippen LogP contribution in [0, 0.1) is 0 Å². The van der Waals surface area contributed by atoms with E-state index in [4.69, 9.17) is 4.74 Å². The molecule has 2 aliphatic heterocycles. The van der Waals surface area contributed by atoms with Gasteiger partial charge in [0.05, 0.1) is 18.1 Å². The summed E-state index contributed by atoms with van der Waals surface area (Å²) in [6, 6.07) is 8.47. The van der Waals surface area contributed by atoms with Crippen molar-refractivity contribution in [1.82, 2.24) is 5.32 Å². The van der Waals surface area contributed by atoms with E-state index in [0.717, 1.165) is 31.7 Å². The molecule has 0 saturated carbocycles. The number of sulfone groups is 1. The fourth-order valence-corrected chi connectivity index (χ4v) is 4.29. The minimum atomic E-state index is -2.77. The molecule has 0 aromatic heterocycles. The van der Waals surface area contributed by atoms with Crippen LogP contribution >= 0.6 is 0 Å². The normalized spacial score (nSPS) is 25.8. The Kier molecular flexibility index (Phi) is 3.50. The molecule has 2 heterocycles. The molecule has 0 spiro atoms. The lowest BCUT2D eigenvalue weighted by Gasteiger charge is -2.24. The maximum atomic E-state index is 11.4. The third-order valence-electron chi connectivity index (χ3n) is 4.01. The SMILES string of the molecule is O=S1(=O)CCC(NCC2COc3ccccc32)CC1. The molecule has 1 aromatic carbocycles. The van der Waals surface area contributed by atoms with Crippen molar-refractivity contribution in [1.29, 1.82) is 0 Å². The molecule has 0 radical (unpaired) electrons. The molecule has 19 heavy (non-hydrogen) atoms. The van der Waals surface area contributed by atoms with E-state index >= 15 is 0 Å². The van der Waals surface area contributed by atoms with Crippen LogP contribution < -0.4 is 10.1 Å². The standard InChI is InChI=1S/C14H19NO3S/c16-19(17)7-5-12(6-8-19)15-9-11-10-18-14-4-2-1-3-13(11)14/h1-4,11-12,15H,5-10H2. The van der Waals surface area contributed by atoms with Gasteiger partial charge in [-0.2, -0.15) is 0 Å². The number of rotatable bonds is 3. The third kappa shape index (κ3) is 2.92. The molecular weight excluding hydrogens is 262 g/mol. The highest BCUT2D eigenvalue weighted by atomic mass is 32.2. The largest absolute Gasteiger partial charge is 0.493 e. The van der Waals surface area contributed by atoms with E-state index in [9.17, 15) is 8.42 Å². The van der Waals surface area contributed by atoms with Gasteiger partial charge >= 0.3 is 0 Å². The van der Waals surface area contributed by atoms with Gasteiger partial charge in [-0.1, -0.05) is 18.2 Å². The minimum Gasteiger partial charge on any atom is -0.493 e. The first-order valence-electron chi connectivity index (χ1n) is 6.79. The van der Waals surface area contributed by atoms with Gasteiger partial charge in [0.15, 0.2) is 0 Å². The average molecular weight is 281 g/mol. The lowest BCUT2D eigenvalue weighted by atomic mass is 10.0.